The van der Waals surface area contributed by atoms with E-state index in [0.717, 1.165) is 28.2 Å². The number of aromatic nitrogens is 3. The number of hydrogen-bond donors (Lipinski definition) is 0. The summed E-state index contributed by atoms with van der Waals surface area (Å²) in [6.45, 7) is 2.85. The highest BCUT2D eigenvalue weighted by Gasteiger charge is 2.11. The average molecular weight is 522 g/mol. The smallest absolute Gasteiger partial charge is 0.298 e. The number of hydrogen-bond acceptors (Lipinski definition) is 8. The number of rotatable bonds is 9. The molecule has 4 heterocycles. The molecular weight excluding hydrogens is 498 g/mol. The number of thiophene rings is 1. The van der Waals surface area contributed by atoms with Crippen LogP contribution in [0.3, 0.4) is 0 Å². The van der Waals surface area contributed by atoms with Gasteiger partial charge in [0.25, 0.3) is 12.9 Å². The monoisotopic (exact) mass is 521 g/mol. The largest absolute Gasteiger partial charge is 0.429 e. The fraction of sp³-hybridized carbons (Fsp3) is 0.167. The Bertz CT molecular complexity index is 1560. The van der Waals surface area contributed by atoms with Gasteiger partial charge in [-0.3, -0.25) is 19.6 Å². The standard InChI is InChI=1S/C30H23N3O4S/c1-2-3-4-5-6-7-25-10-11-26(38-25)9-8-22-12-14-31-27(16-22)29-18-24(37-21-35)19-30(33-29)28-17-23(36-20-34)13-15-32-28/h10-21H,2-5H2,1H3. The fourth-order valence-electron chi connectivity index (χ4n) is 3.44. The van der Waals surface area contributed by atoms with Crippen molar-refractivity contribution in [1.29, 1.82) is 0 Å². The minimum absolute atomic E-state index is 0.267. The summed E-state index contributed by atoms with van der Waals surface area (Å²) < 4.78 is 10.00. The molecule has 0 atom stereocenters. The van der Waals surface area contributed by atoms with Crippen LogP contribution in [0.5, 0.6) is 11.5 Å². The van der Waals surface area contributed by atoms with Gasteiger partial charge in [-0.05, 0) is 36.8 Å². The highest BCUT2D eigenvalue weighted by atomic mass is 32.1. The Labute approximate surface area is 224 Å². The first kappa shape index (κ1) is 26.3. The third-order valence-electron chi connectivity index (χ3n) is 5.24. The summed E-state index contributed by atoms with van der Waals surface area (Å²) in [5, 5.41) is 0. The van der Waals surface area contributed by atoms with Crippen molar-refractivity contribution in [2.24, 2.45) is 0 Å². The Morgan fingerprint density at radius 2 is 1.42 bits per heavy atom. The van der Waals surface area contributed by atoms with Crippen LogP contribution in [0, 0.1) is 23.7 Å². The fourth-order valence-corrected chi connectivity index (χ4v) is 4.17. The molecule has 0 spiro atoms. The second-order valence-electron chi connectivity index (χ2n) is 7.98. The predicted octanol–water partition coefficient (Wildman–Crippen LogP) is 5.67. The summed E-state index contributed by atoms with van der Waals surface area (Å²) in [5.41, 5.74) is 2.60. The lowest BCUT2D eigenvalue weighted by Gasteiger charge is -2.08. The van der Waals surface area contributed by atoms with Crippen molar-refractivity contribution in [1.82, 2.24) is 15.0 Å². The van der Waals surface area contributed by atoms with Crippen LogP contribution in [0.15, 0.2) is 60.9 Å². The summed E-state index contributed by atoms with van der Waals surface area (Å²) in [6, 6.07) is 13.9. The van der Waals surface area contributed by atoms with E-state index in [1.165, 1.54) is 19.0 Å². The van der Waals surface area contributed by atoms with E-state index < -0.39 is 0 Å². The van der Waals surface area contributed by atoms with E-state index in [0.29, 0.717) is 41.5 Å². The molecule has 38 heavy (non-hydrogen) atoms. The van der Waals surface area contributed by atoms with Gasteiger partial charge in [0.05, 0.1) is 32.5 Å². The van der Waals surface area contributed by atoms with Crippen LogP contribution in [-0.2, 0) is 9.59 Å². The number of nitrogens with zero attached hydrogens (tertiary/aromatic N) is 3. The van der Waals surface area contributed by atoms with E-state index in [1.807, 2.05) is 24.3 Å². The Hall–Kier alpha value is -4.79. The van der Waals surface area contributed by atoms with Crippen molar-refractivity contribution >= 4 is 24.3 Å². The lowest BCUT2D eigenvalue weighted by molar-refractivity contribution is -0.121. The zero-order chi connectivity index (χ0) is 26.6. The quantitative estimate of drug-likeness (QED) is 0.159. The maximum absolute atomic E-state index is 11.0. The van der Waals surface area contributed by atoms with Gasteiger partial charge in [-0.25, -0.2) is 4.98 Å². The molecule has 188 valence electrons. The van der Waals surface area contributed by atoms with E-state index in [-0.39, 0.29) is 5.75 Å². The molecule has 0 saturated heterocycles. The maximum atomic E-state index is 11.0. The molecule has 0 aliphatic rings. The van der Waals surface area contributed by atoms with Crippen molar-refractivity contribution in [3.8, 4) is 58.0 Å². The van der Waals surface area contributed by atoms with E-state index in [2.05, 4.69) is 45.6 Å². The first-order valence-corrected chi connectivity index (χ1v) is 12.8. The minimum Gasteiger partial charge on any atom is -0.429 e. The van der Waals surface area contributed by atoms with Gasteiger partial charge in [-0.15, -0.1) is 11.3 Å². The molecule has 4 aromatic rings. The number of unbranched alkanes of at least 4 members (excludes halogenated alkanes) is 3. The Morgan fingerprint density at radius 3 is 2.16 bits per heavy atom. The molecule has 0 aliphatic heterocycles. The number of ether oxygens (including phenoxy) is 2. The lowest BCUT2D eigenvalue weighted by atomic mass is 10.1. The second-order valence-corrected chi connectivity index (χ2v) is 9.06. The summed E-state index contributed by atoms with van der Waals surface area (Å²) in [5.74, 6) is 13.4. The van der Waals surface area contributed by atoms with Gasteiger partial charge in [0.2, 0.25) is 0 Å². The molecule has 0 aliphatic carbocycles. The zero-order valence-corrected chi connectivity index (χ0v) is 21.5. The van der Waals surface area contributed by atoms with Gasteiger partial charge in [-0.2, -0.15) is 0 Å². The molecule has 4 aromatic heterocycles. The van der Waals surface area contributed by atoms with Crippen LogP contribution < -0.4 is 9.47 Å². The molecule has 0 aromatic carbocycles. The molecular formula is C30H23N3O4S. The molecule has 0 unspecified atom stereocenters. The molecule has 0 fully saturated rings. The highest BCUT2D eigenvalue weighted by molar-refractivity contribution is 7.13. The third-order valence-corrected chi connectivity index (χ3v) is 6.15. The number of carbonyl (C=O) groups excluding carboxylic acids is 2. The maximum Gasteiger partial charge on any atom is 0.298 e. The summed E-state index contributed by atoms with van der Waals surface area (Å²) >= 11 is 1.56. The molecule has 0 N–H and O–H groups in total. The summed E-state index contributed by atoms with van der Waals surface area (Å²) in [7, 11) is 0. The molecule has 7 nitrogen and oxygen atoms in total. The van der Waals surface area contributed by atoms with Crippen LogP contribution >= 0.6 is 11.3 Å². The predicted molar refractivity (Wildman–Crippen MR) is 145 cm³/mol. The number of pyridine rings is 3. The van der Waals surface area contributed by atoms with Crippen molar-refractivity contribution in [3.05, 3.63) is 76.2 Å². The third kappa shape index (κ3) is 7.36. The van der Waals surface area contributed by atoms with Gasteiger partial charge in [0.15, 0.2) is 0 Å². The van der Waals surface area contributed by atoms with E-state index in [1.54, 1.807) is 41.8 Å². The van der Waals surface area contributed by atoms with E-state index >= 15 is 0 Å². The lowest BCUT2D eigenvalue weighted by Crippen LogP contribution is -1.97. The minimum atomic E-state index is 0.267. The van der Waals surface area contributed by atoms with Gasteiger partial charge in [0, 0.05) is 42.6 Å². The van der Waals surface area contributed by atoms with Crippen LogP contribution in [-0.4, -0.2) is 27.9 Å². The molecule has 0 radical (unpaired) electrons. The zero-order valence-electron chi connectivity index (χ0n) is 20.6. The summed E-state index contributed by atoms with van der Waals surface area (Å²) in [4.78, 5) is 37.0. The van der Waals surface area contributed by atoms with Gasteiger partial charge in [0.1, 0.15) is 11.5 Å². The van der Waals surface area contributed by atoms with Gasteiger partial charge >= 0.3 is 0 Å². The number of carbonyl (C=O) groups is 2. The van der Waals surface area contributed by atoms with Crippen LogP contribution in [0.4, 0.5) is 0 Å². The Kier molecular flexibility index (Phi) is 9.33. The van der Waals surface area contributed by atoms with Crippen molar-refractivity contribution < 1.29 is 19.1 Å². The molecule has 0 bridgehead atoms. The Balaban J connectivity index is 1.59. The van der Waals surface area contributed by atoms with Crippen LogP contribution in [0.1, 0.15) is 47.9 Å². The first-order chi connectivity index (χ1) is 18.7. The summed E-state index contributed by atoms with van der Waals surface area (Å²) in [6.07, 6.45) is 7.57. The van der Waals surface area contributed by atoms with Crippen molar-refractivity contribution in [2.75, 3.05) is 0 Å². The van der Waals surface area contributed by atoms with Crippen molar-refractivity contribution in [3.63, 3.8) is 0 Å². The van der Waals surface area contributed by atoms with E-state index in [9.17, 15) is 9.59 Å². The van der Waals surface area contributed by atoms with Crippen molar-refractivity contribution in [2.45, 2.75) is 32.6 Å². The average Bonchev–Trinajstić information content (AvgIpc) is 3.40. The van der Waals surface area contributed by atoms with Crippen LogP contribution in [0.2, 0.25) is 0 Å². The molecule has 0 saturated carbocycles. The first-order valence-electron chi connectivity index (χ1n) is 11.9. The second kappa shape index (κ2) is 13.5. The molecule has 4 rings (SSSR count). The normalized spacial score (nSPS) is 9.92. The SMILES string of the molecule is CCCCCC#Cc1ccc(C#Cc2ccnc(-c3cc(OC=O)cc(-c4cc(OC=O)ccn4)n3)c2)s1. The topological polar surface area (TPSA) is 91.3 Å². The molecule has 8 heteroatoms. The Morgan fingerprint density at radius 1 is 0.763 bits per heavy atom. The van der Waals surface area contributed by atoms with Gasteiger partial charge < -0.3 is 9.47 Å². The van der Waals surface area contributed by atoms with Crippen LogP contribution in [0.25, 0.3) is 22.8 Å². The van der Waals surface area contributed by atoms with E-state index in [4.69, 9.17) is 9.47 Å². The highest BCUT2D eigenvalue weighted by Crippen LogP contribution is 2.28. The molecule has 0 amide bonds. The van der Waals surface area contributed by atoms with Gasteiger partial charge in [-0.1, -0.05) is 43.4 Å².